The van der Waals surface area contributed by atoms with E-state index in [2.05, 4.69) is 27.0 Å². The number of benzene rings is 2. The summed E-state index contributed by atoms with van der Waals surface area (Å²) >= 11 is 6.30. The molecule has 0 unspecified atom stereocenters. The lowest BCUT2D eigenvalue weighted by Crippen LogP contribution is -2.28. The molecule has 0 N–H and O–H groups in total. The number of aromatic nitrogens is 3. The van der Waals surface area contributed by atoms with Gasteiger partial charge in [0.15, 0.2) is 11.6 Å². The van der Waals surface area contributed by atoms with Crippen LogP contribution in [0, 0.1) is 17.6 Å². The topological polar surface area (TPSA) is 46.3 Å². The summed E-state index contributed by atoms with van der Waals surface area (Å²) < 4.78 is 31.3. The summed E-state index contributed by atoms with van der Waals surface area (Å²) in [5.74, 6) is 0.872. The van der Waals surface area contributed by atoms with Crippen molar-refractivity contribution in [1.82, 2.24) is 19.7 Å². The van der Waals surface area contributed by atoms with Crippen LogP contribution in [0.25, 0.3) is 5.69 Å². The molecule has 2 aromatic carbocycles. The second kappa shape index (κ2) is 8.71. The Labute approximate surface area is 190 Å². The van der Waals surface area contributed by atoms with E-state index >= 15 is 0 Å². The summed E-state index contributed by atoms with van der Waals surface area (Å²) in [6.07, 6.45) is 3.62. The number of aliphatic imine (C=N–C) groups is 1. The number of nitrogens with zero attached hydrogens (tertiary/aromatic N) is 5. The molecule has 3 aromatic rings. The van der Waals surface area contributed by atoms with Crippen molar-refractivity contribution < 1.29 is 8.78 Å². The molecule has 2 heterocycles. The van der Waals surface area contributed by atoms with Crippen LogP contribution in [-0.2, 0) is 13.1 Å². The fourth-order valence-electron chi connectivity index (χ4n) is 4.32. The van der Waals surface area contributed by atoms with Gasteiger partial charge in [-0.15, -0.1) is 10.2 Å². The Morgan fingerprint density at radius 2 is 1.91 bits per heavy atom. The van der Waals surface area contributed by atoms with E-state index in [0.29, 0.717) is 23.0 Å². The maximum Gasteiger partial charge on any atom is 0.159 e. The number of fused-ring (bicyclic) bond motifs is 3. The molecule has 0 radical (unpaired) electrons. The summed E-state index contributed by atoms with van der Waals surface area (Å²) in [6.45, 7) is 5.02. The molecule has 2 aliphatic rings. The molecular formula is C24H24ClF2N5. The smallest absolute Gasteiger partial charge is 0.159 e. The van der Waals surface area contributed by atoms with Gasteiger partial charge in [0.2, 0.25) is 0 Å². The van der Waals surface area contributed by atoms with E-state index in [4.69, 9.17) is 11.6 Å². The van der Waals surface area contributed by atoms with Gasteiger partial charge in [-0.1, -0.05) is 24.6 Å². The molecule has 1 aliphatic heterocycles. The minimum Gasteiger partial charge on any atom is -0.296 e. The average molecular weight is 456 g/mol. The Bertz CT molecular complexity index is 1160. The molecule has 5 nitrogen and oxygen atoms in total. The van der Waals surface area contributed by atoms with Crippen LogP contribution in [0.2, 0.25) is 5.02 Å². The molecule has 1 saturated carbocycles. The van der Waals surface area contributed by atoms with E-state index in [1.807, 2.05) is 10.6 Å². The van der Waals surface area contributed by atoms with Gasteiger partial charge in [-0.3, -0.25) is 14.5 Å². The highest BCUT2D eigenvalue weighted by atomic mass is 35.5. The normalized spacial score (nSPS) is 15.3. The van der Waals surface area contributed by atoms with Crippen LogP contribution in [0.3, 0.4) is 0 Å². The van der Waals surface area contributed by atoms with Gasteiger partial charge in [-0.2, -0.15) is 0 Å². The van der Waals surface area contributed by atoms with Crippen molar-refractivity contribution in [1.29, 1.82) is 0 Å². The van der Waals surface area contributed by atoms with Gasteiger partial charge in [-0.25, -0.2) is 8.78 Å². The molecular weight excluding hydrogens is 432 g/mol. The van der Waals surface area contributed by atoms with Crippen LogP contribution in [0.5, 0.6) is 0 Å². The Morgan fingerprint density at radius 3 is 2.62 bits per heavy atom. The quantitative estimate of drug-likeness (QED) is 0.493. The third-order valence-electron chi connectivity index (χ3n) is 5.95. The van der Waals surface area contributed by atoms with Crippen LogP contribution in [-0.4, -0.2) is 38.5 Å². The predicted molar refractivity (Wildman–Crippen MR) is 120 cm³/mol. The van der Waals surface area contributed by atoms with Gasteiger partial charge < -0.3 is 0 Å². The zero-order valence-electron chi connectivity index (χ0n) is 17.9. The first-order valence-corrected chi connectivity index (χ1v) is 11.4. The van der Waals surface area contributed by atoms with Crippen molar-refractivity contribution in [3.05, 3.63) is 75.8 Å². The summed E-state index contributed by atoms with van der Waals surface area (Å²) in [6, 6.07) is 9.14. The second-order valence-corrected chi connectivity index (χ2v) is 8.91. The SMILES string of the molecule is CCCN(Cc1nnc2n1-c1ccc(Cl)cc1C(c1c(F)cccc1F)=NC2)CC1CC1. The summed E-state index contributed by atoms with van der Waals surface area (Å²) in [5, 5.41) is 9.31. The number of rotatable bonds is 7. The van der Waals surface area contributed by atoms with E-state index in [-0.39, 0.29) is 17.8 Å². The number of halogens is 3. The zero-order valence-corrected chi connectivity index (χ0v) is 18.6. The van der Waals surface area contributed by atoms with Crippen LogP contribution in [0.1, 0.15) is 49.0 Å². The molecule has 0 atom stereocenters. The molecule has 0 spiro atoms. The average Bonchev–Trinajstić information content (AvgIpc) is 3.51. The number of hydrogen-bond acceptors (Lipinski definition) is 4. The molecule has 1 aromatic heterocycles. The summed E-state index contributed by atoms with van der Waals surface area (Å²) in [4.78, 5) is 6.98. The Kier molecular flexibility index (Phi) is 5.78. The molecule has 8 heteroatoms. The van der Waals surface area contributed by atoms with Gasteiger partial charge in [0.1, 0.15) is 18.2 Å². The van der Waals surface area contributed by atoms with Crippen LogP contribution >= 0.6 is 11.6 Å². The Morgan fingerprint density at radius 1 is 1.12 bits per heavy atom. The van der Waals surface area contributed by atoms with Gasteiger partial charge >= 0.3 is 0 Å². The third-order valence-corrected chi connectivity index (χ3v) is 6.18. The van der Waals surface area contributed by atoms with Crippen molar-refractivity contribution in [2.75, 3.05) is 13.1 Å². The van der Waals surface area contributed by atoms with Crippen molar-refractivity contribution in [2.24, 2.45) is 10.9 Å². The van der Waals surface area contributed by atoms with Gasteiger partial charge in [-0.05, 0) is 62.1 Å². The summed E-state index contributed by atoms with van der Waals surface area (Å²) in [5.41, 5.74) is 1.37. The van der Waals surface area contributed by atoms with E-state index in [1.165, 1.54) is 31.0 Å². The van der Waals surface area contributed by atoms with Gasteiger partial charge in [0, 0.05) is 17.1 Å². The van der Waals surface area contributed by atoms with Crippen molar-refractivity contribution in [3.8, 4) is 5.69 Å². The molecule has 1 fully saturated rings. The molecule has 0 amide bonds. The highest BCUT2D eigenvalue weighted by Crippen LogP contribution is 2.32. The van der Waals surface area contributed by atoms with E-state index in [0.717, 1.165) is 36.9 Å². The minimum absolute atomic E-state index is 0.155. The fourth-order valence-corrected chi connectivity index (χ4v) is 4.49. The lowest BCUT2D eigenvalue weighted by Gasteiger charge is -2.22. The van der Waals surface area contributed by atoms with E-state index in [1.54, 1.807) is 12.1 Å². The molecule has 32 heavy (non-hydrogen) atoms. The van der Waals surface area contributed by atoms with Gasteiger partial charge in [0.05, 0.1) is 23.5 Å². The highest BCUT2D eigenvalue weighted by molar-refractivity contribution is 6.31. The van der Waals surface area contributed by atoms with E-state index in [9.17, 15) is 8.78 Å². The highest BCUT2D eigenvalue weighted by Gasteiger charge is 2.28. The molecule has 5 rings (SSSR count). The van der Waals surface area contributed by atoms with Crippen molar-refractivity contribution >= 4 is 17.3 Å². The predicted octanol–water partition coefficient (Wildman–Crippen LogP) is 5.17. The zero-order chi connectivity index (χ0) is 22.2. The maximum atomic E-state index is 14.7. The largest absolute Gasteiger partial charge is 0.296 e. The Balaban J connectivity index is 1.60. The van der Waals surface area contributed by atoms with Crippen LogP contribution in [0.15, 0.2) is 41.4 Å². The van der Waals surface area contributed by atoms with Crippen LogP contribution in [0.4, 0.5) is 8.78 Å². The first kappa shape index (κ1) is 21.2. The lowest BCUT2D eigenvalue weighted by molar-refractivity contribution is 0.247. The molecule has 0 bridgehead atoms. The first-order chi connectivity index (χ1) is 15.5. The number of hydrogen-bond donors (Lipinski definition) is 0. The van der Waals surface area contributed by atoms with Gasteiger partial charge in [0.25, 0.3) is 0 Å². The standard InChI is InChI=1S/C24H24ClF2N5/c1-2-10-31(13-15-6-7-15)14-22-30-29-21-12-28-24(23-18(26)4-3-5-19(23)27)17-11-16(25)8-9-20(17)32(21)22/h3-5,8-9,11,15H,2,6-7,10,12-14H2,1H3. The fraction of sp³-hybridized carbons (Fsp3) is 0.375. The molecule has 166 valence electrons. The lowest BCUT2D eigenvalue weighted by atomic mass is 9.99. The molecule has 0 saturated heterocycles. The van der Waals surface area contributed by atoms with E-state index < -0.39 is 11.6 Å². The molecule has 1 aliphatic carbocycles. The van der Waals surface area contributed by atoms with Crippen molar-refractivity contribution in [2.45, 2.75) is 39.3 Å². The minimum atomic E-state index is -0.661. The third kappa shape index (κ3) is 4.07. The monoisotopic (exact) mass is 455 g/mol. The Hall–Kier alpha value is -2.64. The summed E-state index contributed by atoms with van der Waals surface area (Å²) in [7, 11) is 0. The second-order valence-electron chi connectivity index (χ2n) is 8.47. The maximum absolute atomic E-state index is 14.7. The first-order valence-electron chi connectivity index (χ1n) is 11.0. The van der Waals surface area contributed by atoms with Crippen molar-refractivity contribution in [3.63, 3.8) is 0 Å². The van der Waals surface area contributed by atoms with Crippen LogP contribution < -0.4 is 0 Å².